The summed E-state index contributed by atoms with van der Waals surface area (Å²) in [7, 11) is 1.64. The number of pyridine rings is 1. The van der Waals surface area contributed by atoms with Crippen molar-refractivity contribution in [3.8, 4) is 17.2 Å². The standard InChI is InChI=1S/C20H23N3O4/c1-25-15-6-4-14(5-7-15)19-21-17-8-9-18(22-20(17)27-19)23-10-12-26-16(13-23)3-2-11-24/h4-9,16,24H,2-3,10-13H2,1H3. The van der Waals surface area contributed by atoms with E-state index in [1.165, 1.54) is 0 Å². The minimum absolute atomic E-state index is 0.119. The van der Waals surface area contributed by atoms with Crippen molar-refractivity contribution in [2.24, 2.45) is 0 Å². The van der Waals surface area contributed by atoms with Crippen molar-refractivity contribution in [1.29, 1.82) is 0 Å². The maximum atomic E-state index is 9.02. The molecule has 1 saturated heterocycles. The Morgan fingerprint density at radius 1 is 1.19 bits per heavy atom. The van der Waals surface area contributed by atoms with Crippen LogP contribution in [0.5, 0.6) is 5.75 Å². The highest BCUT2D eigenvalue weighted by Crippen LogP contribution is 2.27. The van der Waals surface area contributed by atoms with Crippen LogP contribution in [-0.4, -0.2) is 54.6 Å². The second kappa shape index (κ2) is 7.94. The molecule has 0 bridgehead atoms. The van der Waals surface area contributed by atoms with Crippen molar-refractivity contribution in [2.45, 2.75) is 18.9 Å². The molecule has 2 aromatic heterocycles. The van der Waals surface area contributed by atoms with Crippen molar-refractivity contribution >= 4 is 17.0 Å². The van der Waals surface area contributed by atoms with Crippen LogP contribution < -0.4 is 9.64 Å². The zero-order valence-electron chi connectivity index (χ0n) is 15.3. The monoisotopic (exact) mass is 369 g/mol. The number of hydrogen-bond donors (Lipinski definition) is 1. The molecule has 3 aromatic rings. The third kappa shape index (κ3) is 3.89. The summed E-state index contributed by atoms with van der Waals surface area (Å²) in [6.45, 7) is 2.39. The number of methoxy groups -OCH3 is 1. The van der Waals surface area contributed by atoms with Gasteiger partial charge in [0.25, 0.3) is 0 Å². The normalized spacial score (nSPS) is 17.4. The predicted molar refractivity (Wildman–Crippen MR) is 102 cm³/mol. The molecule has 0 amide bonds. The molecule has 1 aromatic carbocycles. The highest BCUT2D eigenvalue weighted by molar-refractivity contribution is 5.74. The van der Waals surface area contributed by atoms with E-state index in [-0.39, 0.29) is 12.7 Å². The topological polar surface area (TPSA) is 80.9 Å². The van der Waals surface area contributed by atoms with Gasteiger partial charge >= 0.3 is 0 Å². The number of fused-ring (bicyclic) bond motifs is 1. The first-order valence-corrected chi connectivity index (χ1v) is 9.16. The van der Waals surface area contributed by atoms with Crippen molar-refractivity contribution in [1.82, 2.24) is 9.97 Å². The third-order valence-corrected chi connectivity index (χ3v) is 4.72. The van der Waals surface area contributed by atoms with E-state index in [9.17, 15) is 0 Å². The summed E-state index contributed by atoms with van der Waals surface area (Å²) >= 11 is 0. The van der Waals surface area contributed by atoms with Gasteiger partial charge in [-0.15, -0.1) is 0 Å². The van der Waals surface area contributed by atoms with Gasteiger partial charge in [-0.3, -0.25) is 0 Å². The lowest BCUT2D eigenvalue weighted by molar-refractivity contribution is 0.0308. The van der Waals surface area contributed by atoms with Crippen molar-refractivity contribution < 1.29 is 19.0 Å². The lowest BCUT2D eigenvalue weighted by Crippen LogP contribution is -2.42. The van der Waals surface area contributed by atoms with Crippen LogP contribution in [0.1, 0.15) is 12.8 Å². The van der Waals surface area contributed by atoms with Gasteiger partial charge in [0.1, 0.15) is 17.1 Å². The minimum Gasteiger partial charge on any atom is -0.497 e. The fraction of sp³-hybridized carbons (Fsp3) is 0.400. The smallest absolute Gasteiger partial charge is 0.249 e. The number of rotatable bonds is 6. The SMILES string of the molecule is COc1ccc(-c2nc3ccc(N4CCOC(CCCO)C4)nc3o2)cc1. The van der Waals surface area contributed by atoms with E-state index < -0.39 is 0 Å². The molecule has 3 heterocycles. The fourth-order valence-electron chi connectivity index (χ4n) is 3.26. The van der Waals surface area contributed by atoms with Gasteiger partial charge in [0, 0.05) is 25.3 Å². The molecule has 0 spiro atoms. The highest BCUT2D eigenvalue weighted by Gasteiger charge is 2.22. The van der Waals surface area contributed by atoms with E-state index in [0.29, 0.717) is 18.2 Å². The summed E-state index contributed by atoms with van der Waals surface area (Å²) in [6.07, 6.45) is 1.71. The molecule has 1 aliphatic rings. The zero-order valence-corrected chi connectivity index (χ0v) is 15.3. The number of aromatic nitrogens is 2. The van der Waals surface area contributed by atoms with E-state index in [2.05, 4.69) is 14.9 Å². The first-order chi connectivity index (χ1) is 13.3. The largest absolute Gasteiger partial charge is 0.497 e. The average molecular weight is 369 g/mol. The Morgan fingerprint density at radius 3 is 2.81 bits per heavy atom. The summed E-state index contributed by atoms with van der Waals surface area (Å²) in [4.78, 5) is 11.4. The van der Waals surface area contributed by atoms with Gasteiger partial charge in [-0.1, -0.05) is 0 Å². The van der Waals surface area contributed by atoms with E-state index in [1.807, 2.05) is 36.4 Å². The number of oxazole rings is 1. The molecule has 7 heteroatoms. The Balaban J connectivity index is 1.55. The molecule has 27 heavy (non-hydrogen) atoms. The van der Waals surface area contributed by atoms with Gasteiger partial charge in [0.05, 0.1) is 19.8 Å². The van der Waals surface area contributed by atoms with E-state index in [1.54, 1.807) is 7.11 Å². The van der Waals surface area contributed by atoms with Crippen LogP contribution in [0.3, 0.4) is 0 Å². The molecule has 7 nitrogen and oxygen atoms in total. The second-order valence-corrected chi connectivity index (χ2v) is 6.55. The minimum atomic E-state index is 0.119. The van der Waals surface area contributed by atoms with Crippen LogP contribution in [0.25, 0.3) is 22.7 Å². The number of anilines is 1. The van der Waals surface area contributed by atoms with Crippen LogP contribution in [0.2, 0.25) is 0 Å². The molecule has 1 aliphatic heterocycles. The first-order valence-electron chi connectivity index (χ1n) is 9.16. The number of benzene rings is 1. The summed E-state index contributed by atoms with van der Waals surface area (Å²) in [5, 5.41) is 9.02. The Hall–Kier alpha value is -2.64. The Bertz CT molecular complexity index is 894. The van der Waals surface area contributed by atoms with Crippen molar-refractivity contribution in [3.05, 3.63) is 36.4 Å². The van der Waals surface area contributed by atoms with Gasteiger partial charge in [-0.05, 0) is 49.2 Å². The van der Waals surface area contributed by atoms with Gasteiger partial charge < -0.3 is 23.9 Å². The predicted octanol–water partition coefficient (Wildman–Crippen LogP) is 2.88. The molecule has 1 fully saturated rings. The van der Waals surface area contributed by atoms with Gasteiger partial charge in [0.2, 0.25) is 11.6 Å². The molecule has 1 N–H and O–H groups in total. The summed E-state index contributed by atoms with van der Waals surface area (Å²) < 4.78 is 16.9. The van der Waals surface area contributed by atoms with E-state index in [0.717, 1.165) is 48.6 Å². The van der Waals surface area contributed by atoms with Gasteiger partial charge in [-0.25, -0.2) is 4.98 Å². The van der Waals surface area contributed by atoms with Crippen LogP contribution in [-0.2, 0) is 4.74 Å². The number of nitrogens with zero attached hydrogens (tertiary/aromatic N) is 3. The third-order valence-electron chi connectivity index (χ3n) is 4.72. The molecule has 0 aliphatic carbocycles. The maximum Gasteiger partial charge on any atom is 0.249 e. The van der Waals surface area contributed by atoms with E-state index in [4.69, 9.17) is 19.0 Å². The summed E-state index contributed by atoms with van der Waals surface area (Å²) in [5.41, 5.74) is 2.14. The van der Waals surface area contributed by atoms with Gasteiger partial charge in [-0.2, -0.15) is 4.98 Å². The number of morpholine rings is 1. The zero-order chi connectivity index (χ0) is 18.6. The van der Waals surface area contributed by atoms with Crippen LogP contribution in [0.15, 0.2) is 40.8 Å². The maximum absolute atomic E-state index is 9.02. The fourth-order valence-corrected chi connectivity index (χ4v) is 3.26. The molecular formula is C20H23N3O4. The van der Waals surface area contributed by atoms with E-state index >= 15 is 0 Å². The molecule has 142 valence electrons. The summed E-state index contributed by atoms with van der Waals surface area (Å²) in [6, 6.07) is 11.5. The van der Waals surface area contributed by atoms with Crippen LogP contribution >= 0.6 is 0 Å². The number of aliphatic hydroxyl groups is 1. The van der Waals surface area contributed by atoms with Crippen molar-refractivity contribution in [2.75, 3.05) is 38.3 Å². The Labute approximate surface area is 157 Å². The molecule has 1 unspecified atom stereocenters. The number of hydrogen-bond acceptors (Lipinski definition) is 7. The lowest BCUT2D eigenvalue weighted by atomic mass is 10.1. The van der Waals surface area contributed by atoms with Gasteiger partial charge in [0.15, 0.2) is 0 Å². The van der Waals surface area contributed by atoms with Crippen LogP contribution in [0, 0.1) is 0 Å². The molecule has 4 rings (SSSR count). The summed E-state index contributed by atoms with van der Waals surface area (Å²) in [5.74, 6) is 2.19. The number of aliphatic hydroxyl groups excluding tert-OH is 1. The molecule has 0 saturated carbocycles. The lowest BCUT2D eigenvalue weighted by Gasteiger charge is -2.33. The number of ether oxygens (including phenoxy) is 2. The van der Waals surface area contributed by atoms with Crippen molar-refractivity contribution in [3.63, 3.8) is 0 Å². The molecule has 0 radical (unpaired) electrons. The average Bonchev–Trinajstić information content (AvgIpc) is 3.16. The quantitative estimate of drug-likeness (QED) is 0.715. The molecular weight excluding hydrogens is 346 g/mol. The highest BCUT2D eigenvalue weighted by atomic mass is 16.5. The Morgan fingerprint density at radius 2 is 2.04 bits per heavy atom. The molecule has 1 atom stereocenters. The van der Waals surface area contributed by atoms with Crippen LogP contribution in [0.4, 0.5) is 5.82 Å². The Kier molecular flexibility index (Phi) is 5.22. The second-order valence-electron chi connectivity index (χ2n) is 6.55. The first kappa shape index (κ1) is 17.8.